The molecule has 0 heterocycles. The van der Waals surface area contributed by atoms with E-state index in [9.17, 15) is 4.79 Å². The molecule has 1 N–H and O–H groups in total. The molecule has 0 radical (unpaired) electrons. The van der Waals surface area contributed by atoms with Crippen molar-refractivity contribution in [1.82, 2.24) is 4.90 Å². The molecule has 1 saturated carbocycles. The third kappa shape index (κ3) is 2.79. The van der Waals surface area contributed by atoms with Gasteiger partial charge in [0.15, 0.2) is 0 Å². The van der Waals surface area contributed by atoms with Crippen LogP contribution in [0.5, 0.6) is 0 Å². The maximum Gasteiger partial charge on any atom is 0.309 e. The molecule has 12 heavy (non-hydrogen) atoms. The second-order valence-electron chi connectivity index (χ2n) is 3.39. The standard InChI is InChI=1S/C8H15NO3/c1-9(2)3-4-12-7-5-6(7)8(10)11/h6-7H,3-5H2,1-2H3,(H,10,11)/t6-,7-/m1/s1. The highest BCUT2D eigenvalue weighted by molar-refractivity contribution is 5.74. The van der Waals surface area contributed by atoms with Crippen LogP contribution in [-0.4, -0.2) is 49.3 Å². The molecule has 0 aliphatic heterocycles. The van der Waals surface area contributed by atoms with Crippen LogP contribution < -0.4 is 0 Å². The van der Waals surface area contributed by atoms with Crippen LogP contribution >= 0.6 is 0 Å². The van der Waals surface area contributed by atoms with Crippen LogP contribution in [0.15, 0.2) is 0 Å². The fraction of sp³-hybridized carbons (Fsp3) is 0.875. The molecule has 0 unspecified atom stereocenters. The van der Waals surface area contributed by atoms with Gasteiger partial charge in [-0.2, -0.15) is 0 Å². The second-order valence-corrected chi connectivity index (χ2v) is 3.39. The maximum absolute atomic E-state index is 10.4. The lowest BCUT2D eigenvalue weighted by molar-refractivity contribution is -0.139. The average Bonchev–Trinajstić information content (AvgIpc) is 2.66. The molecular weight excluding hydrogens is 158 g/mol. The average molecular weight is 173 g/mol. The van der Waals surface area contributed by atoms with Crippen LogP contribution in [0.1, 0.15) is 6.42 Å². The molecule has 1 rings (SSSR count). The highest BCUT2D eigenvalue weighted by Crippen LogP contribution is 2.33. The monoisotopic (exact) mass is 173 g/mol. The zero-order chi connectivity index (χ0) is 9.14. The first-order valence-corrected chi connectivity index (χ1v) is 4.10. The largest absolute Gasteiger partial charge is 0.481 e. The normalized spacial score (nSPS) is 27.6. The number of likely N-dealkylation sites (N-methyl/N-ethyl adjacent to an activating group) is 1. The molecule has 1 aliphatic carbocycles. The molecule has 0 saturated heterocycles. The summed E-state index contributed by atoms with van der Waals surface area (Å²) >= 11 is 0. The summed E-state index contributed by atoms with van der Waals surface area (Å²) in [5.74, 6) is -0.975. The van der Waals surface area contributed by atoms with E-state index in [-0.39, 0.29) is 12.0 Å². The Morgan fingerprint density at radius 3 is 2.75 bits per heavy atom. The molecule has 0 aromatic rings. The highest BCUT2D eigenvalue weighted by Gasteiger charge is 2.44. The van der Waals surface area contributed by atoms with Gasteiger partial charge in [0.2, 0.25) is 0 Å². The predicted molar refractivity (Wildman–Crippen MR) is 44.0 cm³/mol. The molecule has 4 nitrogen and oxygen atoms in total. The third-order valence-corrected chi connectivity index (χ3v) is 1.92. The van der Waals surface area contributed by atoms with Crippen LogP contribution in [0.2, 0.25) is 0 Å². The van der Waals surface area contributed by atoms with Gasteiger partial charge in [0, 0.05) is 6.54 Å². The number of nitrogens with zero attached hydrogens (tertiary/aromatic N) is 1. The number of carbonyl (C=O) groups is 1. The fourth-order valence-corrected chi connectivity index (χ4v) is 1.00. The van der Waals surface area contributed by atoms with E-state index in [2.05, 4.69) is 0 Å². The number of aliphatic carboxylic acids is 1. The lowest BCUT2D eigenvalue weighted by atomic mass is 10.4. The van der Waals surface area contributed by atoms with Crippen LogP contribution in [0.3, 0.4) is 0 Å². The first kappa shape index (κ1) is 9.48. The van der Waals surface area contributed by atoms with Crippen molar-refractivity contribution in [3.63, 3.8) is 0 Å². The van der Waals surface area contributed by atoms with Gasteiger partial charge < -0.3 is 14.7 Å². The molecule has 1 fully saturated rings. The van der Waals surface area contributed by atoms with E-state index in [1.165, 1.54) is 0 Å². The Balaban J connectivity index is 2.01. The number of carboxylic acid groups (broad SMARTS) is 1. The number of hydrogen-bond acceptors (Lipinski definition) is 3. The zero-order valence-corrected chi connectivity index (χ0v) is 7.49. The van der Waals surface area contributed by atoms with E-state index in [0.717, 1.165) is 6.54 Å². The van der Waals surface area contributed by atoms with Gasteiger partial charge in [0.25, 0.3) is 0 Å². The van der Waals surface area contributed by atoms with E-state index >= 15 is 0 Å². The van der Waals surface area contributed by atoms with Crippen molar-refractivity contribution < 1.29 is 14.6 Å². The summed E-state index contributed by atoms with van der Waals surface area (Å²) in [6, 6.07) is 0. The summed E-state index contributed by atoms with van der Waals surface area (Å²) in [6.07, 6.45) is 0.658. The van der Waals surface area contributed by atoms with Gasteiger partial charge in [-0.25, -0.2) is 0 Å². The van der Waals surface area contributed by atoms with Crippen molar-refractivity contribution in [2.24, 2.45) is 5.92 Å². The number of ether oxygens (including phenoxy) is 1. The third-order valence-electron chi connectivity index (χ3n) is 1.92. The summed E-state index contributed by atoms with van der Waals surface area (Å²) in [5.41, 5.74) is 0. The van der Waals surface area contributed by atoms with Gasteiger partial charge >= 0.3 is 5.97 Å². The van der Waals surface area contributed by atoms with Crippen LogP contribution in [0, 0.1) is 5.92 Å². The van der Waals surface area contributed by atoms with Crippen LogP contribution in [-0.2, 0) is 9.53 Å². The quantitative estimate of drug-likeness (QED) is 0.637. The van der Waals surface area contributed by atoms with Crippen molar-refractivity contribution in [3.05, 3.63) is 0 Å². The van der Waals surface area contributed by atoms with E-state index < -0.39 is 5.97 Å². The van der Waals surface area contributed by atoms with Gasteiger partial charge in [0.1, 0.15) is 0 Å². The molecule has 0 aromatic heterocycles. The lowest BCUT2D eigenvalue weighted by Crippen LogP contribution is -2.19. The van der Waals surface area contributed by atoms with Crippen molar-refractivity contribution in [2.45, 2.75) is 12.5 Å². The van der Waals surface area contributed by atoms with Gasteiger partial charge in [-0.15, -0.1) is 0 Å². The Hall–Kier alpha value is -0.610. The Labute approximate surface area is 72.1 Å². The molecule has 0 aromatic carbocycles. The summed E-state index contributed by atoms with van der Waals surface area (Å²) in [5, 5.41) is 8.54. The van der Waals surface area contributed by atoms with Gasteiger partial charge in [-0.05, 0) is 20.5 Å². The Bertz CT molecular complexity index is 170. The summed E-state index contributed by atoms with van der Waals surface area (Å²) in [6.45, 7) is 1.48. The maximum atomic E-state index is 10.4. The van der Waals surface area contributed by atoms with Gasteiger partial charge in [-0.1, -0.05) is 0 Å². The molecular formula is C8H15NO3. The van der Waals surface area contributed by atoms with Crippen molar-refractivity contribution in [1.29, 1.82) is 0 Å². The van der Waals surface area contributed by atoms with Crippen molar-refractivity contribution in [2.75, 3.05) is 27.2 Å². The fourth-order valence-electron chi connectivity index (χ4n) is 1.00. The summed E-state index contributed by atoms with van der Waals surface area (Å²) < 4.78 is 5.32. The zero-order valence-electron chi connectivity index (χ0n) is 7.49. The van der Waals surface area contributed by atoms with Crippen LogP contribution in [0.4, 0.5) is 0 Å². The van der Waals surface area contributed by atoms with E-state index in [0.29, 0.717) is 13.0 Å². The molecule has 0 bridgehead atoms. The topological polar surface area (TPSA) is 49.8 Å². The van der Waals surface area contributed by atoms with E-state index in [1.807, 2.05) is 19.0 Å². The summed E-state index contributed by atoms with van der Waals surface area (Å²) in [7, 11) is 3.93. The molecule has 1 aliphatic rings. The number of rotatable bonds is 5. The first-order chi connectivity index (χ1) is 5.61. The van der Waals surface area contributed by atoms with Crippen molar-refractivity contribution >= 4 is 5.97 Å². The minimum atomic E-state index is -0.732. The number of hydrogen-bond donors (Lipinski definition) is 1. The molecule has 2 atom stereocenters. The Morgan fingerprint density at radius 1 is 1.67 bits per heavy atom. The minimum absolute atomic E-state index is 0.0255. The highest BCUT2D eigenvalue weighted by atomic mass is 16.5. The van der Waals surface area contributed by atoms with Crippen LogP contribution in [0.25, 0.3) is 0 Å². The molecule has 70 valence electrons. The van der Waals surface area contributed by atoms with Gasteiger partial charge in [-0.3, -0.25) is 4.79 Å². The minimum Gasteiger partial charge on any atom is -0.481 e. The van der Waals surface area contributed by atoms with Crippen molar-refractivity contribution in [3.8, 4) is 0 Å². The Morgan fingerprint density at radius 2 is 2.33 bits per heavy atom. The molecule has 4 heteroatoms. The van der Waals surface area contributed by atoms with E-state index in [1.54, 1.807) is 0 Å². The van der Waals surface area contributed by atoms with Gasteiger partial charge in [0.05, 0.1) is 18.6 Å². The Kier molecular flexibility index (Phi) is 3.05. The lowest BCUT2D eigenvalue weighted by Gasteiger charge is -2.08. The molecule has 0 spiro atoms. The number of carboxylic acids is 1. The smallest absolute Gasteiger partial charge is 0.309 e. The predicted octanol–water partition coefficient (Wildman–Crippen LogP) is 0.0377. The SMILES string of the molecule is CN(C)CCO[C@@H]1C[C@H]1C(=O)O. The summed E-state index contributed by atoms with van der Waals surface area (Å²) in [4.78, 5) is 12.4. The first-order valence-electron chi connectivity index (χ1n) is 4.10. The molecule has 0 amide bonds. The van der Waals surface area contributed by atoms with E-state index in [4.69, 9.17) is 9.84 Å². The second kappa shape index (κ2) is 3.87.